The molecule has 0 saturated heterocycles. The van der Waals surface area contributed by atoms with Crippen LogP contribution in [0.1, 0.15) is 21.5 Å². The molecule has 40 heavy (non-hydrogen) atoms. The maximum absolute atomic E-state index is 13.4. The van der Waals surface area contributed by atoms with Gasteiger partial charge in [-0.25, -0.2) is 0 Å². The highest BCUT2D eigenvalue weighted by molar-refractivity contribution is 7.87. The van der Waals surface area contributed by atoms with E-state index in [2.05, 4.69) is 0 Å². The van der Waals surface area contributed by atoms with Crippen LogP contribution in [-0.2, 0) is 27.6 Å². The summed E-state index contributed by atoms with van der Waals surface area (Å²) in [5.41, 5.74) is 1.91. The molecule has 4 rings (SSSR count). The molecule has 0 aliphatic carbocycles. The molecule has 0 fully saturated rings. The number of carbonyl (C=O) groups is 1. The number of alkyl halides is 3. The summed E-state index contributed by atoms with van der Waals surface area (Å²) in [4.78, 5) is 14.3. The first kappa shape index (κ1) is 28.8. The lowest BCUT2D eigenvalue weighted by atomic mass is 10.0. The molecule has 10 heteroatoms. The molecule has 0 saturated carbocycles. The summed E-state index contributed by atoms with van der Waals surface area (Å²) in [7, 11) is -3.02. The van der Waals surface area contributed by atoms with E-state index in [1.165, 1.54) is 19.2 Å². The standard InChI is InChI=1S/C30H26F3NO5S/c1-38-18-17-34(29(35)25-15-13-24(14-16-25)23-8-3-2-4-9-23)21-22-7-5-11-27(19-22)39-40(36,37)28-12-6-10-26(20-28)30(31,32)33/h2-16,19-20H,17-18,21H2,1H3. The minimum absolute atomic E-state index is 0.0960. The highest BCUT2D eigenvalue weighted by Crippen LogP contribution is 2.31. The van der Waals surface area contributed by atoms with Crippen molar-refractivity contribution in [3.8, 4) is 16.9 Å². The van der Waals surface area contributed by atoms with Crippen molar-refractivity contribution in [3.05, 3.63) is 120 Å². The van der Waals surface area contributed by atoms with Crippen molar-refractivity contribution in [2.45, 2.75) is 17.6 Å². The van der Waals surface area contributed by atoms with Gasteiger partial charge < -0.3 is 13.8 Å². The second-order valence-electron chi connectivity index (χ2n) is 8.87. The Morgan fingerprint density at radius 2 is 1.50 bits per heavy atom. The topological polar surface area (TPSA) is 72.9 Å². The third-order valence-electron chi connectivity index (χ3n) is 6.02. The van der Waals surface area contributed by atoms with Gasteiger partial charge in [-0.3, -0.25) is 4.79 Å². The van der Waals surface area contributed by atoms with Crippen LogP contribution < -0.4 is 4.18 Å². The molecule has 1 amide bonds. The van der Waals surface area contributed by atoms with E-state index >= 15 is 0 Å². The van der Waals surface area contributed by atoms with Gasteiger partial charge in [0.1, 0.15) is 10.6 Å². The second kappa shape index (κ2) is 12.4. The van der Waals surface area contributed by atoms with Crippen LogP contribution in [0.5, 0.6) is 5.75 Å². The van der Waals surface area contributed by atoms with Crippen LogP contribution in [0.25, 0.3) is 11.1 Å². The van der Waals surface area contributed by atoms with Crippen LogP contribution in [0.3, 0.4) is 0 Å². The van der Waals surface area contributed by atoms with Gasteiger partial charge in [0.25, 0.3) is 5.91 Å². The number of amides is 1. The first-order valence-electron chi connectivity index (χ1n) is 12.2. The number of methoxy groups -OCH3 is 1. The fourth-order valence-electron chi connectivity index (χ4n) is 3.99. The smallest absolute Gasteiger partial charge is 0.383 e. The Morgan fingerprint density at radius 1 is 0.825 bits per heavy atom. The molecule has 0 bridgehead atoms. The SMILES string of the molecule is COCCN(Cc1cccc(OS(=O)(=O)c2cccc(C(F)(F)F)c2)c1)C(=O)c1ccc(-c2ccccc2)cc1. The van der Waals surface area contributed by atoms with Crippen molar-refractivity contribution in [1.29, 1.82) is 0 Å². The normalized spacial score (nSPS) is 11.7. The number of nitrogens with zero attached hydrogens (tertiary/aromatic N) is 1. The van der Waals surface area contributed by atoms with Crippen LogP contribution in [0.4, 0.5) is 13.2 Å². The van der Waals surface area contributed by atoms with Gasteiger partial charge in [-0.1, -0.05) is 60.7 Å². The Bertz CT molecular complexity index is 1560. The molecule has 0 spiro atoms. The number of hydrogen-bond acceptors (Lipinski definition) is 5. The van der Waals surface area contributed by atoms with E-state index in [1.807, 2.05) is 42.5 Å². The molecular weight excluding hydrogens is 543 g/mol. The third kappa shape index (κ3) is 7.28. The highest BCUT2D eigenvalue weighted by atomic mass is 32.2. The molecule has 0 radical (unpaired) electrons. The van der Waals surface area contributed by atoms with Crippen molar-refractivity contribution in [2.75, 3.05) is 20.3 Å². The average Bonchev–Trinajstić information content (AvgIpc) is 2.95. The van der Waals surface area contributed by atoms with Crippen LogP contribution in [0.2, 0.25) is 0 Å². The van der Waals surface area contributed by atoms with Crippen LogP contribution >= 0.6 is 0 Å². The number of hydrogen-bond donors (Lipinski definition) is 0. The third-order valence-corrected chi connectivity index (χ3v) is 7.26. The fraction of sp³-hybridized carbons (Fsp3) is 0.167. The summed E-state index contributed by atoms with van der Waals surface area (Å²) >= 11 is 0. The molecule has 0 N–H and O–H groups in total. The zero-order chi connectivity index (χ0) is 28.8. The predicted molar refractivity (Wildman–Crippen MR) is 144 cm³/mol. The number of rotatable bonds is 10. The fourth-order valence-corrected chi connectivity index (χ4v) is 4.96. The monoisotopic (exact) mass is 569 g/mol. The summed E-state index contributed by atoms with van der Waals surface area (Å²) in [6, 6.07) is 26.3. The van der Waals surface area contributed by atoms with Gasteiger partial charge >= 0.3 is 16.3 Å². The number of carbonyl (C=O) groups excluding carboxylic acids is 1. The van der Waals surface area contributed by atoms with E-state index in [0.29, 0.717) is 17.2 Å². The van der Waals surface area contributed by atoms with Crippen LogP contribution in [0, 0.1) is 0 Å². The molecule has 0 unspecified atom stereocenters. The average molecular weight is 570 g/mol. The van der Waals surface area contributed by atoms with Crippen molar-refractivity contribution >= 4 is 16.0 Å². The Balaban J connectivity index is 1.52. The Labute approximate surface area is 230 Å². The molecule has 208 valence electrons. The lowest BCUT2D eigenvalue weighted by Gasteiger charge is -2.23. The second-order valence-corrected chi connectivity index (χ2v) is 10.4. The summed E-state index contributed by atoms with van der Waals surface area (Å²) in [6.07, 6.45) is -4.70. The molecule has 0 heterocycles. The maximum Gasteiger partial charge on any atom is 0.416 e. The lowest BCUT2D eigenvalue weighted by molar-refractivity contribution is -0.137. The van der Waals surface area contributed by atoms with Crippen LogP contribution in [-0.4, -0.2) is 39.5 Å². The molecule has 0 aromatic heterocycles. The van der Waals surface area contributed by atoms with Gasteiger partial charge in [0, 0.05) is 25.8 Å². The molecule has 0 atom stereocenters. The van der Waals surface area contributed by atoms with Crippen molar-refractivity contribution < 1.29 is 35.3 Å². The number of benzene rings is 4. The Kier molecular flexibility index (Phi) is 8.91. The van der Waals surface area contributed by atoms with Gasteiger partial charge in [-0.15, -0.1) is 0 Å². The first-order valence-corrected chi connectivity index (χ1v) is 13.6. The van der Waals surface area contributed by atoms with E-state index in [0.717, 1.165) is 29.3 Å². The lowest BCUT2D eigenvalue weighted by Crippen LogP contribution is -2.33. The quantitative estimate of drug-likeness (QED) is 0.206. The number of halogens is 3. The van der Waals surface area contributed by atoms with Crippen molar-refractivity contribution in [2.24, 2.45) is 0 Å². The van der Waals surface area contributed by atoms with Gasteiger partial charge in [0.2, 0.25) is 0 Å². The zero-order valence-electron chi connectivity index (χ0n) is 21.5. The maximum atomic E-state index is 13.4. The first-order chi connectivity index (χ1) is 19.1. The van der Waals surface area contributed by atoms with Gasteiger partial charge in [-0.05, 0) is 59.2 Å². The molecule has 4 aromatic carbocycles. The van der Waals surface area contributed by atoms with Crippen molar-refractivity contribution in [1.82, 2.24) is 4.90 Å². The summed E-state index contributed by atoms with van der Waals surface area (Å²) in [6.45, 7) is 0.654. The predicted octanol–water partition coefficient (Wildman–Crippen LogP) is 6.43. The van der Waals surface area contributed by atoms with E-state index < -0.39 is 26.8 Å². The summed E-state index contributed by atoms with van der Waals surface area (Å²) in [5.74, 6) is -0.346. The van der Waals surface area contributed by atoms with Gasteiger partial charge in [-0.2, -0.15) is 21.6 Å². The largest absolute Gasteiger partial charge is 0.416 e. The van der Waals surface area contributed by atoms with E-state index in [9.17, 15) is 26.4 Å². The van der Waals surface area contributed by atoms with Gasteiger partial charge in [0.05, 0.1) is 12.2 Å². The van der Waals surface area contributed by atoms with Gasteiger partial charge in [0.15, 0.2) is 0 Å². The number of ether oxygens (including phenoxy) is 1. The minimum Gasteiger partial charge on any atom is -0.383 e. The Morgan fingerprint density at radius 3 is 2.17 bits per heavy atom. The summed E-state index contributed by atoms with van der Waals surface area (Å²) < 4.78 is 74.9. The molecule has 6 nitrogen and oxygen atoms in total. The molecule has 4 aromatic rings. The van der Waals surface area contributed by atoms with E-state index in [4.69, 9.17) is 8.92 Å². The molecular formula is C30H26F3NO5S. The summed E-state index contributed by atoms with van der Waals surface area (Å²) in [5, 5.41) is 0. The van der Waals surface area contributed by atoms with Crippen LogP contribution in [0.15, 0.2) is 108 Å². The highest BCUT2D eigenvalue weighted by Gasteiger charge is 2.32. The van der Waals surface area contributed by atoms with E-state index in [-0.39, 0.29) is 31.4 Å². The zero-order valence-corrected chi connectivity index (χ0v) is 22.3. The van der Waals surface area contributed by atoms with E-state index in [1.54, 1.807) is 29.2 Å². The molecule has 0 aliphatic rings. The van der Waals surface area contributed by atoms with Crippen molar-refractivity contribution in [3.63, 3.8) is 0 Å². The minimum atomic E-state index is -4.70. The Hall–Kier alpha value is -4.15. The molecule has 0 aliphatic heterocycles.